The number of benzene rings is 6. The third-order valence-corrected chi connectivity index (χ3v) is 13.6. The molecule has 87 heavy (non-hydrogen) atoms. The van der Waals surface area contributed by atoms with E-state index in [9.17, 15) is 41.8 Å². The molecule has 2 aromatic heterocycles. The highest BCUT2D eigenvalue weighted by Crippen LogP contribution is 2.41. The van der Waals surface area contributed by atoms with Crippen LogP contribution in [0.4, 0.5) is 73.4 Å². The normalized spacial score (nSPS) is 12.3. The van der Waals surface area contributed by atoms with Crippen LogP contribution in [0, 0.1) is 37.1 Å². The highest BCUT2D eigenvalue weighted by molar-refractivity contribution is 6.06. The number of carboxylic acids is 1. The number of fused-ring (bicyclic) bond motifs is 2. The van der Waals surface area contributed by atoms with Crippen LogP contribution in [-0.2, 0) is 13.1 Å². The second-order valence-corrected chi connectivity index (χ2v) is 20.3. The number of nitrogen functional groups attached to an aromatic ring is 1. The summed E-state index contributed by atoms with van der Waals surface area (Å²) < 4.78 is 69.5. The van der Waals surface area contributed by atoms with Crippen molar-refractivity contribution in [2.24, 2.45) is 0 Å². The molecule has 0 bridgehead atoms. The number of anilines is 8. The van der Waals surface area contributed by atoms with Gasteiger partial charge in [-0.1, -0.05) is 24.3 Å². The number of likely N-dealkylation sites (N-methyl/N-ethyl adjacent to an activating group) is 2. The summed E-state index contributed by atoms with van der Waals surface area (Å²) in [6.07, 6.45) is 0. The number of carbonyl (C=O) groups is 4. The van der Waals surface area contributed by atoms with Crippen LogP contribution in [0.15, 0.2) is 121 Å². The van der Waals surface area contributed by atoms with Crippen LogP contribution in [-0.4, -0.2) is 127 Å². The van der Waals surface area contributed by atoms with Crippen molar-refractivity contribution in [1.82, 2.24) is 40.4 Å². The number of nitrogens with two attached hydrogens (primary N) is 1. The van der Waals surface area contributed by atoms with E-state index in [1.54, 1.807) is 81.8 Å². The molecule has 25 heteroatoms. The van der Waals surface area contributed by atoms with E-state index in [1.165, 1.54) is 24.3 Å². The number of nitrogens with zero attached hydrogens (tertiary/aromatic N) is 8. The van der Waals surface area contributed by atoms with Crippen molar-refractivity contribution in [2.75, 3.05) is 100 Å². The molecule has 452 valence electrons. The van der Waals surface area contributed by atoms with Crippen LogP contribution in [0.25, 0.3) is 22.5 Å². The Labute approximate surface area is 499 Å². The van der Waals surface area contributed by atoms with Crippen molar-refractivity contribution in [3.63, 3.8) is 0 Å². The monoisotopic (exact) mass is 1190 g/mol. The maximum atomic E-state index is 15.0. The minimum Gasteiger partial charge on any atom is -0.497 e. The number of carboxylic acid groups (broad SMARTS) is 1. The second kappa shape index (κ2) is 28.0. The number of carbonyl (C=O) groups excluding carboxylic acids is 3. The first-order chi connectivity index (χ1) is 41.6. The molecule has 0 saturated carbocycles. The van der Waals surface area contributed by atoms with Crippen molar-refractivity contribution >= 4 is 70.2 Å². The molecule has 0 aliphatic carbocycles. The van der Waals surface area contributed by atoms with E-state index in [-0.39, 0.29) is 48.1 Å². The molecule has 8 N–H and O–H groups in total. The summed E-state index contributed by atoms with van der Waals surface area (Å²) in [7, 11) is 10.8. The summed E-state index contributed by atoms with van der Waals surface area (Å²) >= 11 is 0. The van der Waals surface area contributed by atoms with E-state index in [2.05, 4.69) is 41.5 Å². The van der Waals surface area contributed by atoms with Crippen LogP contribution in [0.2, 0.25) is 0 Å². The Morgan fingerprint density at radius 2 is 1.00 bits per heavy atom. The van der Waals surface area contributed by atoms with Gasteiger partial charge >= 0.3 is 18.0 Å². The maximum absolute atomic E-state index is 15.0. The van der Waals surface area contributed by atoms with Crippen LogP contribution >= 0.6 is 0 Å². The number of hydrogen-bond donors (Lipinski definition) is 7. The van der Waals surface area contributed by atoms with E-state index < -0.39 is 52.7 Å². The molecule has 0 atom stereocenters. The molecule has 5 amide bonds. The summed E-state index contributed by atoms with van der Waals surface area (Å²) in [6.45, 7) is 5.89. The van der Waals surface area contributed by atoms with Crippen molar-refractivity contribution in [2.45, 2.75) is 26.9 Å². The molecule has 21 nitrogen and oxygen atoms in total. The first kappa shape index (κ1) is 62.6. The molecule has 2 aliphatic heterocycles. The third-order valence-electron chi connectivity index (χ3n) is 13.6. The number of aryl methyl sites for hydroxylation is 2. The molecule has 0 fully saturated rings. The Morgan fingerprint density at radius 3 is 1.40 bits per heavy atom. The van der Waals surface area contributed by atoms with Gasteiger partial charge in [0, 0.05) is 65.4 Å². The lowest BCUT2D eigenvalue weighted by molar-refractivity contribution is 0.0696. The molecule has 8 aromatic rings. The average molecular weight is 1190 g/mol. The van der Waals surface area contributed by atoms with Gasteiger partial charge in [-0.25, -0.2) is 51.7 Å². The van der Waals surface area contributed by atoms with E-state index >= 15 is 0 Å². The zero-order valence-corrected chi connectivity index (χ0v) is 48.9. The highest BCUT2D eigenvalue weighted by atomic mass is 19.1. The Hall–Kier alpha value is -10.4. The van der Waals surface area contributed by atoms with Crippen molar-refractivity contribution in [1.29, 1.82) is 0 Å². The fourth-order valence-electron chi connectivity index (χ4n) is 9.03. The predicted molar refractivity (Wildman–Crippen MR) is 325 cm³/mol. The molecular formula is C62H64F4N14O7. The van der Waals surface area contributed by atoms with Crippen molar-refractivity contribution in [3.05, 3.63) is 178 Å². The Bertz CT molecular complexity index is 3800. The Morgan fingerprint density at radius 1 is 0.598 bits per heavy atom. The molecule has 4 heterocycles. The number of aromatic nitrogens is 4. The third kappa shape index (κ3) is 14.9. The SMILES string of the molecule is COc1ccc(N)cc1.COc1ccc(NC(=O)c2ccc(C)c(-c3nc(NCCN(C)C)nc4c3CNC(=O)N4c3c(F)cccc3F)c2)cc1.Cc1ccc(C(=O)O)cc1-c1nc(NCCN(C)C)nc2c1CNC(=O)N2c1c(F)cccc1F. The highest BCUT2D eigenvalue weighted by Gasteiger charge is 2.36. The van der Waals surface area contributed by atoms with Gasteiger partial charge in [0.15, 0.2) is 11.6 Å². The number of urea groups is 2. The largest absolute Gasteiger partial charge is 0.497 e. The van der Waals surface area contributed by atoms with Crippen LogP contribution < -0.4 is 51.6 Å². The Kier molecular flexibility index (Phi) is 20.2. The standard InChI is InChI=1S/C31H31F2N7O3.C24H24F2N6O3.C7H9NO/c1-18-8-9-19(29(41)36-20-10-12-21(43-4)13-11-20)16-22(18)26-23-17-35-31(42)40(27-24(32)6-5-7-25(27)33)28(23)38-30(37-26)34-14-15-39(2)3;1-13-7-8-14(22(33)34)11-15(13)19-16-12-28-24(35)32(20-17(25)5-4-6-18(20)26)21(16)30-23(29-19)27-9-10-31(2)3;1-9-7-4-2-6(8)3-5-7/h5-13,16H,14-15,17H2,1-4H3,(H,35,42)(H,36,41)(H,34,37,38);4-8,11H,9-10,12H2,1-3H3,(H,28,35)(H,33,34)(H,27,29,30);2-5H,8H2,1H3. The molecule has 0 unspecified atom stereocenters. The second-order valence-electron chi connectivity index (χ2n) is 20.3. The lowest BCUT2D eigenvalue weighted by Gasteiger charge is -2.31. The molecule has 10 rings (SSSR count). The number of rotatable bonds is 17. The van der Waals surface area contributed by atoms with Crippen molar-refractivity contribution < 1.29 is 51.3 Å². The number of methoxy groups -OCH3 is 2. The van der Waals surface area contributed by atoms with Crippen molar-refractivity contribution in [3.8, 4) is 34.0 Å². The van der Waals surface area contributed by atoms with Gasteiger partial charge in [0.25, 0.3) is 5.91 Å². The number of ether oxygens (including phenoxy) is 2. The fraction of sp³-hybridized carbons (Fsp3) is 0.226. The zero-order chi connectivity index (χ0) is 62.6. The van der Waals surface area contributed by atoms with Gasteiger partial charge in [-0.3, -0.25) is 4.79 Å². The van der Waals surface area contributed by atoms with Gasteiger partial charge < -0.3 is 56.7 Å². The smallest absolute Gasteiger partial charge is 0.335 e. The summed E-state index contributed by atoms with van der Waals surface area (Å²) in [4.78, 5) is 74.8. The van der Waals surface area contributed by atoms with E-state index in [0.29, 0.717) is 76.8 Å². The summed E-state index contributed by atoms with van der Waals surface area (Å²) in [6, 6.07) is 29.2. The number of amides is 5. The number of nitrogens with one attached hydrogen (secondary N) is 5. The molecular weight excluding hydrogens is 1130 g/mol. The van der Waals surface area contributed by atoms with Gasteiger partial charge in [0.2, 0.25) is 11.9 Å². The number of hydrogen-bond acceptors (Lipinski definition) is 15. The topological polar surface area (TPSA) is 258 Å². The van der Waals surface area contributed by atoms with Gasteiger partial charge in [-0.15, -0.1) is 0 Å². The van der Waals surface area contributed by atoms with Gasteiger partial charge in [-0.05, 0) is 150 Å². The fourth-order valence-corrected chi connectivity index (χ4v) is 9.03. The van der Waals surface area contributed by atoms with Crippen LogP contribution in [0.1, 0.15) is 43.0 Å². The molecule has 0 radical (unpaired) electrons. The summed E-state index contributed by atoms with van der Waals surface area (Å²) in [5.74, 6) is -3.30. The molecule has 6 aromatic carbocycles. The van der Waals surface area contributed by atoms with Gasteiger partial charge in [-0.2, -0.15) is 9.97 Å². The zero-order valence-electron chi connectivity index (χ0n) is 48.9. The lowest BCUT2D eigenvalue weighted by atomic mass is 9.97. The van der Waals surface area contributed by atoms with Crippen LogP contribution in [0.3, 0.4) is 0 Å². The number of halogens is 4. The molecule has 0 spiro atoms. The minimum absolute atomic E-state index is 0.00914. The van der Waals surface area contributed by atoms with E-state index in [1.807, 2.05) is 57.0 Å². The molecule has 2 aliphatic rings. The van der Waals surface area contributed by atoms with E-state index in [4.69, 9.17) is 20.2 Å². The summed E-state index contributed by atoms with van der Waals surface area (Å²) in [5, 5.41) is 23.9. The van der Waals surface area contributed by atoms with Gasteiger partial charge in [0.1, 0.15) is 46.1 Å². The molecule has 0 saturated heterocycles. The minimum atomic E-state index is -1.11. The van der Waals surface area contributed by atoms with Crippen LogP contribution in [0.5, 0.6) is 11.5 Å². The number of aromatic carboxylic acids is 1. The number of para-hydroxylation sites is 2. The first-order valence-corrected chi connectivity index (χ1v) is 27.1. The predicted octanol–water partition coefficient (Wildman–Crippen LogP) is 10.4. The van der Waals surface area contributed by atoms with Gasteiger partial charge in [0.05, 0.1) is 44.3 Å². The lowest BCUT2D eigenvalue weighted by Crippen LogP contribution is -2.43. The summed E-state index contributed by atoms with van der Waals surface area (Å²) in [5.41, 5.74) is 10.3. The average Bonchev–Trinajstić information content (AvgIpc) is 0.949. The quantitative estimate of drug-likeness (QED) is 0.0330. The first-order valence-electron chi connectivity index (χ1n) is 27.1. The maximum Gasteiger partial charge on any atom is 0.335 e. The van der Waals surface area contributed by atoms with E-state index in [0.717, 1.165) is 56.6 Å². The Balaban J connectivity index is 0.000000200.